The Morgan fingerprint density at radius 3 is 1.08 bits per heavy atom. The van der Waals surface area contributed by atoms with E-state index >= 15 is 0 Å². The molecule has 0 atom stereocenters. The van der Waals surface area contributed by atoms with Gasteiger partial charge >= 0.3 is 0 Å². The van der Waals surface area contributed by atoms with Crippen LogP contribution in [0.25, 0.3) is 0 Å². The van der Waals surface area contributed by atoms with Crippen molar-refractivity contribution in [3.63, 3.8) is 0 Å². The minimum Gasteiger partial charge on any atom is -0.209 e. The largest absolute Gasteiger partial charge is 0.209 e. The van der Waals surface area contributed by atoms with Crippen LogP contribution in [0.15, 0.2) is 60.2 Å². The number of halogens is 2. The topological polar surface area (TPSA) is 0 Å². The van der Waals surface area contributed by atoms with E-state index in [2.05, 4.69) is 38.1 Å². The average molecular weight is 357 g/mol. The Hall–Kier alpha value is -1.96. The van der Waals surface area contributed by atoms with E-state index in [1.165, 1.54) is 11.1 Å². The van der Waals surface area contributed by atoms with Crippen LogP contribution in [0.2, 0.25) is 0 Å². The fourth-order valence-electron chi connectivity index (χ4n) is 3.10. The van der Waals surface area contributed by atoms with Crippen molar-refractivity contribution in [1.82, 2.24) is 0 Å². The molecule has 0 N–H and O–H groups in total. The molecule has 2 rings (SSSR count). The molecule has 0 aliphatic heterocycles. The molecule has 2 heteroatoms. The van der Waals surface area contributed by atoms with Crippen molar-refractivity contribution in [3.05, 3.63) is 82.4 Å². The Labute approximate surface area is 157 Å². The van der Waals surface area contributed by atoms with Crippen LogP contribution in [0.4, 0.5) is 8.78 Å². The second kappa shape index (κ2) is 10.9. The fourth-order valence-corrected chi connectivity index (χ4v) is 3.10. The van der Waals surface area contributed by atoms with Gasteiger partial charge in [-0.2, -0.15) is 0 Å². The molecule has 0 nitrogen and oxygen atoms in total. The van der Waals surface area contributed by atoms with Gasteiger partial charge in [-0.15, -0.1) is 0 Å². The van der Waals surface area contributed by atoms with Gasteiger partial charge in [0, 0.05) is 12.8 Å². The van der Waals surface area contributed by atoms with E-state index in [0.717, 1.165) is 36.8 Å². The molecule has 26 heavy (non-hydrogen) atoms. The molecular formula is C24H30F2. The van der Waals surface area contributed by atoms with Crippen molar-refractivity contribution in [2.75, 3.05) is 0 Å². The monoisotopic (exact) mass is 356 g/mol. The number of rotatable bonds is 10. The minimum absolute atomic E-state index is 0.133. The van der Waals surface area contributed by atoms with Crippen molar-refractivity contribution in [3.8, 4) is 0 Å². The van der Waals surface area contributed by atoms with Crippen molar-refractivity contribution in [1.29, 1.82) is 0 Å². The molecule has 0 radical (unpaired) electrons. The first-order valence-corrected chi connectivity index (χ1v) is 9.81. The van der Waals surface area contributed by atoms with Gasteiger partial charge in [0.15, 0.2) is 0 Å². The predicted octanol–water partition coefficient (Wildman–Crippen LogP) is 7.31. The lowest BCUT2D eigenvalue weighted by atomic mass is 10.0. The van der Waals surface area contributed by atoms with Gasteiger partial charge < -0.3 is 0 Å². The van der Waals surface area contributed by atoms with Gasteiger partial charge in [-0.3, -0.25) is 0 Å². The lowest BCUT2D eigenvalue weighted by Gasteiger charge is -2.05. The van der Waals surface area contributed by atoms with Gasteiger partial charge in [-0.1, -0.05) is 75.2 Å². The Bertz CT molecular complexity index is 620. The van der Waals surface area contributed by atoms with Crippen LogP contribution in [0.5, 0.6) is 0 Å². The molecule has 0 saturated heterocycles. The van der Waals surface area contributed by atoms with E-state index in [0.29, 0.717) is 12.8 Å². The molecule has 0 heterocycles. The van der Waals surface area contributed by atoms with Gasteiger partial charge in [0.05, 0.1) is 0 Å². The van der Waals surface area contributed by atoms with E-state index in [1.54, 1.807) is 0 Å². The molecule has 2 aromatic rings. The van der Waals surface area contributed by atoms with Crippen LogP contribution >= 0.6 is 0 Å². The zero-order valence-electron chi connectivity index (χ0n) is 16.0. The molecule has 0 aliphatic carbocycles. The molecule has 0 bridgehead atoms. The molecule has 2 aromatic carbocycles. The molecule has 0 aromatic heterocycles. The highest BCUT2D eigenvalue weighted by Gasteiger charge is 2.07. The van der Waals surface area contributed by atoms with Crippen LogP contribution in [0.1, 0.15) is 61.8 Å². The van der Waals surface area contributed by atoms with Crippen LogP contribution in [-0.4, -0.2) is 0 Å². The van der Waals surface area contributed by atoms with Gasteiger partial charge in [0.1, 0.15) is 11.7 Å². The van der Waals surface area contributed by atoms with Gasteiger partial charge in [-0.25, -0.2) is 8.78 Å². The van der Waals surface area contributed by atoms with Gasteiger partial charge in [0.25, 0.3) is 0 Å². The third-order valence-corrected chi connectivity index (χ3v) is 4.68. The summed E-state index contributed by atoms with van der Waals surface area (Å²) >= 11 is 0. The second-order valence-corrected chi connectivity index (χ2v) is 6.94. The maximum absolute atomic E-state index is 14.1. The van der Waals surface area contributed by atoms with E-state index in [4.69, 9.17) is 0 Å². The first kappa shape index (κ1) is 20.4. The predicted molar refractivity (Wildman–Crippen MR) is 107 cm³/mol. The molecule has 0 aliphatic rings. The molecule has 0 saturated carbocycles. The number of hydrogen-bond donors (Lipinski definition) is 0. The summed E-state index contributed by atoms with van der Waals surface area (Å²) in [5, 5.41) is 0. The Kier molecular flexibility index (Phi) is 8.53. The van der Waals surface area contributed by atoms with Crippen LogP contribution < -0.4 is 0 Å². The lowest BCUT2D eigenvalue weighted by Crippen LogP contribution is -1.92. The van der Waals surface area contributed by atoms with E-state index in [9.17, 15) is 8.78 Å². The summed E-state index contributed by atoms with van der Waals surface area (Å²) in [6.45, 7) is 4.30. The van der Waals surface area contributed by atoms with Crippen molar-refractivity contribution < 1.29 is 8.78 Å². The minimum atomic E-state index is -0.606. The fraction of sp³-hybridized carbons (Fsp3) is 0.417. The molecule has 0 amide bonds. The zero-order chi connectivity index (χ0) is 18.8. The molecular weight excluding hydrogens is 326 g/mol. The smallest absolute Gasteiger partial charge is 0.132 e. The van der Waals surface area contributed by atoms with E-state index in [1.807, 2.05) is 24.3 Å². The summed E-state index contributed by atoms with van der Waals surface area (Å²) in [7, 11) is 0. The number of hydrogen-bond acceptors (Lipinski definition) is 0. The van der Waals surface area contributed by atoms with Gasteiger partial charge in [0.2, 0.25) is 0 Å². The van der Waals surface area contributed by atoms with Crippen LogP contribution in [-0.2, 0) is 25.7 Å². The standard InChI is InChI=1S/C24H30F2/c1-3-5-19-7-11-21(12-8-19)15-17-23(25)24(26)18-16-22-13-9-20(6-4-2)10-14-22/h7-14H,3-6,15-18H2,1-2H3/b24-23+. The molecule has 0 unspecified atom stereocenters. The highest BCUT2D eigenvalue weighted by atomic mass is 19.2. The maximum atomic E-state index is 14.1. The van der Waals surface area contributed by atoms with Crippen molar-refractivity contribution >= 4 is 0 Å². The normalized spacial score (nSPS) is 12.2. The third kappa shape index (κ3) is 6.74. The first-order chi connectivity index (χ1) is 12.6. The third-order valence-electron chi connectivity index (χ3n) is 4.68. The Morgan fingerprint density at radius 1 is 0.538 bits per heavy atom. The number of benzene rings is 2. The number of allylic oxidation sites excluding steroid dienone is 2. The Balaban J connectivity index is 1.82. The molecule has 0 spiro atoms. The van der Waals surface area contributed by atoms with Crippen LogP contribution in [0, 0.1) is 0 Å². The summed E-state index contributed by atoms with van der Waals surface area (Å²) in [5.41, 5.74) is 4.70. The summed E-state index contributed by atoms with van der Waals surface area (Å²) in [4.78, 5) is 0. The highest BCUT2D eigenvalue weighted by Crippen LogP contribution is 2.21. The SMILES string of the molecule is CCCc1ccc(CC/C(F)=C(\F)CCc2ccc(CCC)cc2)cc1. The number of aryl methyl sites for hydroxylation is 4. The van der Waals surface area contributed by atoms with Crippen molar-refractivity contribution in [2.24, 2.45) is 0 Å². The average Bonchev–Trinajstić information content (AvgIpc) is 2.67. The second-order valence-electron chi connectivity index (χ2n) is 6.94. The zero-order valence-corrected chi connectivity index (χ0v) is 16.0. The summed E-state index contributed by atoms with van der Waals surface area (Å²) in [5.74, 6) is -1.21. The summed E-state index contributed by atoms with van der Waals surface area (Å²) in [6.07, 6.45) is 5.69. The first-order valence-electron chi connectivity index (χ1n) is 9.81. The summed E-state index contributed by atoms with van der Waals surface area (Å²) < 4.78 is 28.1. The van der Waals surface area contributed by atoms with Crippen LogP contribution in [0.3, 0.4) is 0 Å². The van der Waals surface area contributed by atoms with Gasteiger partial charge in [-0.05, 0) is 47.9 Å². The van der Waals surface area contributed by atoms with Crippen molar-refractivity contribution in [2.45, 2.75) is 65.2 Å². The molecule has 0 fully saturated rings. The van der Waals surface area contributed by atoms with E-state index < -0.39 is 11.7 Å². The Morgan fingerprint density at radius 2 is 0.808 bits per heavy atom. The quantitative estimate of drug-likeness (QED) is 0.419. The molecule has 140 valence electrons. The maximum Gasteiger partial charge on any atom is 0.132 e. The summed E-state index contributed by atoms with van der Waals surface area (Å²) in [6, 6.07) is 16.4. The highest BCUT2D eigenvalue weighted by molar-refractivity contribution is 5.24. The lowest BCUT2D eigenvalue weighted by molar-refractivity contribution is 0.485. The van der Waals surface area contributed by atoms with E-state index in [-0.39, 0.29) is 12.8 Å².